The van der Waals surface area contributed by atoms with Gasteiger partial charge in [0, 0.05) is 18.0 Å². The average molecular weight is 801 g/mol. The minimum absolute atomic E-state index is 0.0237. The number of ether oxygens (including phenoxy) is 2. The van der Waals surface area contributed by atoms with Crippen molar-refractivity contribution in [3.8, 4) is 0 Å². The molecule has 0 unspecified atom stereocenters. The lowest BCUT2D eigenvalue weighted by Crippen LogP contribution is -2.26. The van der Waals surface area contributed by atoms with Crippen LogP contribution in [0.25, 0.3) is 33.5 Å². The number of anilines is 3. The Kier molecular flexibility index (Phi) is 13.2. The van der Waals surface area contributed by atoms with Crippen LogP contribution in [-0.2, 0) is 23.9 Å². The fraction of sp³-hybridized carbons (Fsp3) is 0.500. The van der Waals surface area contributed by atoms with Crippen LogP contribution in [0.3, 0.4) is 0 Å². The number of amides is 1. The van der Waals surface area contributed by atoms with E-state index in [9.17, 15) is 14.4 Å². The van der Waals surface area contributed by atoms with Gasteiger partial charge < -0.3 is 40.8 Å². The summed E-state index contributed by atoms with van der Waals surface area (Å²) < 4.78 is 13.4. The van der Waals surface area contributed by atoms with Crippen LogP contribution < -0.4 is 22.7 Å². The van der Waals surface area contributed by atoms with Gasteiger partial charge in [0.15, 0.2) is 34.4 Å². The summed E-state index contributed by atoms with van der Waals surface area (Å²) in [4.78, 5) is 73.0. The fourth-order valence-electron chi connectivity index (χ4n) is 7.78. The first-order chi connectivity index (χ1) is 28.0. The van der Waals surface area contributed by atoms with Gasteiger partial charge in [-0.1, -0.05) is 6.92 Å². The number of methoxy groups -OCH3 is 2. The molecular formula is C36H48N16O6. The molecule has 22 nitrogen and oxygen atoms in total. The first-order valence-corrected chi connectivity index (χ1v) is 18.9. The summed E-state index contributed by atoms with van der Waals surface area (Å²) in [5.41, 5.74) is 22.6. The van der Waals surface area contributed by atoms with Crippen molar-refractivity contribution >= 4 is 68.8 Å². The summed E-state index contributed by atoms with van der Waals surface area (Å²) in [7, 11) is 2.89. The molecule has 0 aliphatic heterocycles. The molecule has 6 aromatic rings. The minimum atomic E-state index is -0.332. The van der Waals surface area contributed by atoms with E-state index in [0.29, 0.717) is 57.6 Å². The zero-order valence-corrected chi connectivity index (χ0v) is 32.4. The Morgan fingerprint density at radius 2 is 1.17 bits per heavy atom. The SMILES string of the molecule is COC(=O)[C@@H]1CC[C@@H](n2cnc3c(N)ncnc32)C1.COC(=O)[C@@H]1CC[C@H](C)C1.Nc1ncnc2c1ncn2[C@@H]1CC[C@@H](C(=O)NO)C1.Nc1ncnc2nc[nH]c12. The Bertz CT molecular complexity index is 2230. The Balaban J connectivity index is 0.000000136. The Labute approximate surface area is 331 Å². The predicted molar refractivity (Wildman–Crippen MR) is 209 cm³/mol. The standard InChI is InChI=1S/C12H15N5O2.C11H14N6O2.C8H14O2.C5H5N5/c1-19-12(18)7-2-3-8(4-7)17-6-16-9-10(13)14-5-15-11(9)17;12-9-8-10(14-4-13-9)17(5-15-8)7-2-1-6(3-7)11(18)16-19;1-6-3-4-7(5-6)8(9)10-2;6-4-3-5(9-1-7-3)10-2-8-4/h5-8H,2-4H2,1H3,(H2,13,14,15);4-7,19H,1-3H2,(H,16,18)(H2,12,13,14);6-7H,3-5H2,1-2H3;1-2H,(H3,6,7,8,9,10)/t7-,8-;6-,7-;6-,7+;/m110./s1. The number of fused-ring (bicyclic) bond motifs is 3. The number of imidazole rings is 3. The van der Waals surface area contributed by atoms with Crippen molar-refractivity contribution in [2.45, 2.75) is 76.8 Å². The number of carbonyl (C=O) groups excluding carboxylic acids is 3. The Morgan fingerprint density at radius 3 is 1.69 bits per heavy atom. The molecule has 0 radical (unpaired) electrons. The van der Waals surface area contributed by atoms with E-state index in [1.807, 2.05) is 9.13 Å². The van der Waals surface area contributed by atoms with Gasteiger partial charge in [-0.15, -0.1) is 0 Å². The van der Waals surface area contributed by atoms with Crippen LogP contribution >= 0.6 is 0 Å². The lowest BCUT2D eigenvalue weighted by Gasteiger charge is -2.12. The van der Waals surface area contributed by atoms with Gasteiger partial charge in [0.05, 0.1) is 45.0 Å². The van der Waals surface area contributed by atoms with Gasteiger partial charge in [0.25, 0.3) is 0 Å². The molecule has 0 spiro atoms. The normalized spacial score (nSPS) is 22.3. The first-order valence-electron chi connectivity index (χ1n) is 18.9. The zero-order chi connectivity index (χ0) is 41.3. The number of nitrogens with zero attached hydrogens (tertiary/aromatic N) is 11. The first kappa shape index (κ1) is 41.1. The number of nitrogen functional groups attached to an aromatic ring is 3. The molecule has 3 fully saturated rings. The van der Waals surface area contributed by atoms with Crippen LogP contribution in [0.4, 0.5) is 17.5 Å². The van der Waals surface area contributed by atoms with E-state index in [4.69, 9.17) is 27.1 Å². The number of carbonyl (C=O) groups is 3. The largest absolute Gasteiger partial charge is 0.469 e. The Morgan fingerprint density at radius 1 is 0.672 bits per heavy atom. The lowest BCUT2D eigenvalue weighted by molar-refractivity contribution is -0.146. The summed E-state index contributed by atoms with van der Waals surface area (Å²) in [5, 5.41) is 8.66. The monoisotopic (exact) mass is 800 g/mol. The molecule has 6 aromatic heterocycles. The van der Waals surface area contributed by atoms with Crippen LogP contribution in [0.2, 0.25) is 0 Å². The van der Waals surface area contributed by atoms with Gasteiger partial charge in [0.2, 0.25) is 5.91 Å². The van der Waals surface area contributed by atoms with Crippen LogP contribution in [0.15, 0.2) is 38.0 Å². The highest BCUT2D eigenvalue weighted by Gasteiger charge is 2.33. The van der Waals surface area contributed by atoms with Crippen molar-refractivity contribution in [3.05, 3.63) is 38.0 Å². The maximum Gasteiger partial charge on any atom is 0.308 e. The number of hydrogen-bond acceptors (Lipinski definition) is 18. The quantitative estimate of drug-likeness (QED) is 0.0829. The van der Waals surface area contributed by atoms with Crippen LogP contribution in [0.5, 0.6) is 0 Å². The third-order valence-electron chi connectivity index (χ3n) is 10.9. The molecule has 6 atom stereocenters. The third kappa shape index (κ3) is 9.17. The maximum absolute atomic E-state index is 11.6. The maximum atomic E-state index is 11.6. The second-order valence-corrected chi connectivity index (χ2v) is 14.5. The van der Waals surface area contributed by atoms with E-state index in [0.717, 1.165) is 50.6 Å². The number of H-pyrrole nitrogens is 1. The summed E-state index contributed by atoms with van der Waals surface area (Å²) in [6, 6.07) is 0.352. The topological polar surface area (TPSA) is 322 Å². The molecule has 0 bridgehead atoms. The fourth-order valence-corrected chi connectivity index (χ4v) is 7.78. The number of nitrogens with one attached hydrogen (secondary N) is 2. The van der Waals surface area contributed by atoms with Crippen molar-refractivity contribution in [3.63, 3.8) is 0 Å². The number of esters is 2. The summed E-state index contributed by atoms with van der Waals surface area (Å²) in [6.45, 7) is 2.18. The smallest absolute Gasteiger partial charge is 0.308 e. The lowest BCUT2D eigenvalue weighted by atomic mass is 10.1. The third-order valence-corrected chi connectivity index (χ3v) is 10.9. The molecule has 0 aromatic carbocycles. The second-order valence-electron chi connectivity index (χ2n) is 14.5. The molecule has 1 amide bonds. The van der Waals surface area contributed by atoms with Gasteiger partial charge in [0.1, 0.15) is 35.5 Å². The minimum Gasteiger partial charge on any atom is -0.469 e. The number of nitrogens with two attached hydrogens (primary N) is 3. The van der Waals surface area contributed by atoms with Gasteiger partial charge in [-0.3, -0.25) is 19.6 Å². The second kappa shape index (κ2) is 18.6. The number of rotatable bonds is 5. The van der Waals surface area contributed by atoms with Crippen molar-refractivity contribution in [2.24, 2.45) is 23.7 Å². The van der Waals surface area contributed by atoms with E-state index in [-0.39, 0.29) is 47.7 Å². The molecule has 3 saturated carbocycles. The molecule has 0 saturated heterocycles. The molecule has 9 N–H and O–H groups in total. The zero-order valence-electron chi connectivity index (χ0n) is 32.4. The molecule has 3 aliphatic rings. The van der Waals surface area contributed by atoms with E-state index >= 15 is 0 Å². The molecular weight excluding hydrogens is 753 g/mol. The van der Waals surface area contributed by atoms with Gasteiger partial charge in [-0.25, -0.2) is 50.3 Å². The Hall–Kier alpha value is -6.58. The summed E-state index contributed by atoms with van der Waals surface area (Å²) >= 11 is 0. The highest BCUT2D eigenvalue weighted by molar-refractivity contribution is 5.83. The molecule has 22 heteroatoms. The summed E-state index contributed by atoms with van der Waals surface area (Å²) in [5.74, 6) is 1.37. The highest BCUT2D eigenvalue weighted by Crippen LogP contribution is 2.38. The molecule has 3 aliphatic carbocycles. The van der Waals surface area contributed by atoms with Crippen LogP contribution in [0.1, 0.15) is 76.8 Å². The summed E-state index contributed by atoms with van der Waals surface area (Å²) in [6.07, 6.45) is 17.1. The van der Waals surface area contributed by atoms with E-state index in [2.05, 4.69) is 61.5 Å². The number of hydrogen-bond donors (Lipinski definition) is 6. The molecule has 308 valence electrons. The number of hydroxylamine groups is 1. The van der Waals surface area contributed by atoms with Gasteiger partial charge >= 0.3 is 11.9 Å². The van der Waals surface area contributed by atoms with E-state index < -0.39 is 0 Å². The predicted octanol–water partition coefficient (Wildman–Crippen LogP) is 2.71. The van der Waals surface area contributed by atoms with Gasteiger partial charge in [-0.2, -0.15) is 0 Å². The molecule has 6 heterocycles. The highest BCUT2D eigenvalue weighted by atomic mass is 16.5. The van der Waals surface area contributed by atoms with E-state index in [1.54, 1.807) is 18.1 Å². The van der Waals surface area contributed by atoms with Crippen molar-refractivity contribution in [1.82, 2.24) is 64.5 Å². The number of aromatic nitrogens is 12. The van der Waals surface area contributed by atoms with Crippen LogP contribution in [0, 0.1) is 23.7 Å². The molecule has 9 rings (SSSR count). The van der Waals surface area contributed by atoms with Crippen molar-refractivity contribution in [1.29, 1.82) is 0 Å². The van der Waals surface area contributed by atoms with Crippen LogP contribution in [-0.4, -0.2) is 96.2 Å². The van der Waals surface area contributed by atoms with Crippen molar-refractivity contribution < 1.29 is 29.1 Å². The van der Waals surface area contributed by atoms with E-state index in [1.165, 1.54) is 45.9 Å². The average Bonchev–Trinajstić information content (AvgIpc) is 4.09. The number of aromatic amines is 1. The van der Waals surface area contributed by atoms with Gasteiger partial charge in [-0.05, 0) is 63.7 Å². The molecule has 58 heavy (non-hydrogen) atoms. The van der Waals surface area contributed by atoms with Crippen molar-refractivity contribution in [2.75, 3.05) is 31.4 Å².